The van der Waals surface area contributed by atoms with Crippen LogP contribution in [-0.2, 0) is 14.4 Å². The lowest BCUT2D eigenvalue weighted by molar-refractivity contribution is -0.146. The Kier molecular flexibility index (Phi) is 6.39. The van der Waals surface area contributed by atoms with Crippen molar-refractivity contribution >= 4 is 35.1 Å². The molecule has 1 aliphatic heterocycles. The Balaban J connectivity index is 2.11. The molecule has 25 heavy (non-hydrogen) atoms. The van der Waals surface area contributed by atoms with Gasteiger partial charge in [-0.05, 0) is 26.2 Å². The van der Waals surface area contributed by atoms with Crippen LogP contribution in [0, 0.1) is 5.92 Å². The van der Waals surface area contributed by atoms with E-state index in [2.05, 4.69) is 0 Å². The van der Waals surface area contributed by atoms with Crippen LogP contribution in [0.3, 0.4) is 0 Å². The zero-order valence-electron chi connectivity index (χ0n) is 14.3. The average Bonchev–Trinajstić information content (AvgIpc) is 2.92. The lowest BCUT2D eigenvalue weighted by atomic mass is 10.1. The van der Waals surface area contributed by atoms with Crippen LogP contribution < -0.4 is 4.90 Å². The van der Waals surface area contributed by atoms with Crippen LogP contribution in [0.5, 0.6) is 0 Å². The molecule has 0 aliphatic carbocycles. The minimum Gasteiger partial charge on any atom is -0.480 e. The van der Waals surface area contributed by atoms with Crippen LogP contribution in [0.2, 0.25) is 5.02 Å². The average molecular weight is 368 g/mol. The highest BCUT2D eigenvalue weighted by Crippen LogP contribution is 2.31. The molecule has 1 aromatic rings. The largest absolute Gasteiger partial charge is 0.480 e. The fourth-order valence-corrected chi connectivity index (χ4v) is 3.02. The van der Waals surface area contributed by atoms with Crippen LogP contribution in [0.1, 0.15) is 6.42 Å². The van der Waals surface area contributed by atoms with Gasteiger partial charge in [0.15, 0.2) is 0 Å². The van der Waals surface area contributed by atoms with Crippen LogP contribution >= 0.6 is 11.6 Å². The molecule has 7 nitrogen and oxygen atoms in total. The fraction of sp³-hybridized carbons (Fsp3) is 0.471. The van der Waals surface area contributed by atoms with E-state index in [9.17, 15) is 14.4 Å². The van der Waals surface area contributed by atoms with Crippen LogP contribution in [0.15, 0.2) is 24.3 Å². The predicted octanol–water partition coefficient (Wildman–Crippen LogP) is 1.17. The first kappa shape index (κ1) is 19.2. The topological polar surface area (TPSA) is 81.2 Å². The van der Waals surface area contributed by atoms with Crippen LogP contribution in [-0.4, -0.2) is 73.0 Å². The third-order valence-corrected chi connectivity index (χ3v) is 4.39. The molecule has 136 valence electrons. The van der Waals surface area contributed by atoms with Crippen molar-refractivity contribution in [1.29, 1.82) is 0 Å². The normalized spacial score (nSPS) is 17.2. The number of rotatable bonds is 7. The van der Waals surface area contributed by atoms with E-state index in [0.717, 1.165) is 0 Å². The summed E-state index contributed by atoms with van der Waals surface area (Å²) in [6.07, 6.45) is 0.0577. The molecular weight excluding hydrogens is 346 g/mol. The highest BCUT2D eigenvalue weighted by molar-refractivity contribution is 6.33. The standard InChI is InChI=1S/C17H22ClN3O4/c1-19(2)7-8-20(11-16(23)24)17(25)12-9-15(22)21(10-12)14-6-4-3-5-13(14)18/h3-6,12H,7-11H2,1-2H3,(H,23,24). The van der Waals surface area contributed by atoms with Gasteiger partial charge in [0.05, 0.1) is 16.6 Å². The summed E-state index contributed by atoms with van der Waals surface area (Å²) in [5, 5.41) is 9.50. The number of aliphatic carboxylic acids is 1. The first-order chi connectivity index (χ1) is 11.8. The number of carboxylic acid groups (broad SMARTS) is 1. The fourth-order valence-electron chi connectivity index (χ4n) is 2.79. The third-order valence-electron chi connectivity index (χ3n) is 4.07. The Morgan fingerprint density at radius 3 is 2.56 bits per heavy atom. The van der Waals surface area contributed by atoms with E-state index >= 15 is 0 Å². The molecule has 2 amide bonds. The summed E-state index contributed by atoms with van der Waals surface area (Å²) in [4.78, 5) is 40.8. The van der Waals surface area contributed by atoms with Crippen molar-refractivity contribution in [3.05, 3.63) is 29.3 Å². The van der Waals surface area contributed by atoms with Crippen molar-refractivity contribution in [2.24, 2.45) is 5.92 Å². The van der Waals surface area contributed by atoms with Crippen molar-refractivity contribution in [2.75, 3.05) is 45.2 Å². The van der Waals surface area contributed by atoms with Gasteiger partial charge >= 0.3 is 5.97 Å². The maximum atomic E-state index is 12.7. The molecule has 1 unspecified atom stereocenters. The number of nitrogens with zero attached hydrogens (tertiary/aromatic N) is 3. The number of likely N-dealkylation sites (N-methyl/N-ethyl adjacent to an activating group) is 1. The van der Waals surface area contributed by atoms with Gasteiger partial charge < -0.3 is 19.8 Å². The number of carboxylic acids is 1. The number of anilines is 1. The van der Waals surface area contributed by atoms with Gasteiger partial charge in [0, 0.05) is 26.1 Å². The number of carbonyl (C=O) groups is 3. The van der Waals surface area contributed by atoms with Crippen molar-refractivity contribution in [2.45, 2.75) is 6.42 Å². The molecule has 0 bridgehead atoms. The van der Waals surface area contributed by atoms with Gasteiger partial charge in [-0.3, -0.25) is 14.4 Å². The van der Waals surface area contributed by atoms with E-state index < -0.39 is 11.9 Å². The quantitative estimate of drug-likeness (QED) is 0.782. The Morgan fingerprint density at radius 1 is 1.28 bits per heavy atom. The molecule has 1 saturated heterocycles. The Morgan fingerprint density at radius 2 is 1.96 bits per heavy atom. The van der Waals surface area contributed by atoms with Gasteiger partial charge in [0.1, 0.15) is 6.54 Å². The number of benzene rings is 1. The molecule has 1 fully saturated rings. The Bertz CT molecular complexity index is 665. The zero-order chi connectivity index (χ0) is 18.6. The molecule has 0 radical (unpaired) electrons. The van der Waals surface area contributed by atoms with Crippen molar-refractivity contribution in [1.82, 2.24) is 9.80 Å². The van der Waals surface area contributed by atoms with Gasteiger partial charge in [-0.25, -0.2) is 0 Å². The van der Waals surface area contributed by atoms with Crippen LogP contribution in [0.4, 0.5) is 5.69 Å². The zero-order valence-corrected chi connectivity index (χ0v) is 15.1. The van der Waals surface area contributed by atoms with Crippen molar-refractivity contribution < 1.29 is 19.5 Å². The summed E-state index contributed by atoms with van der Waals surface area (Å²) in [5.41, 5.74) is 0.572. The molecule has 0 saturated carbocycles. The molecule has 1 aliphatic rings. The molecular formula is C17H22ClN3O4. The number of hydrogen-bond donors (Lipinski definition) is 1. The van der Waals surface area contributed by atoms with Gasteiger partial charge in [0.2, 0.25) is 11.8 Å². The summed E-state index contributed by atoms with van der Waals surface area (Å²) < 4.78 is 0. The number of para-hydroxylation sites is 1. The highest BCUT2D eigenvalue weighted by Gasteiger charge is 2.38. The molecule has 8 heteroatoms. The van der Waals surface area contributed by atoms with E-state index in [4.69, 9.17) is 16.7 Å². The molecule has 0 aromatic heterocycles. The van der Waals surface area contributed by atoms with Gasteiger partial charge in [-0.1, -0.05) is 23.7 Å². The van der Waals surface area contributed by atoms with E-state index in [1.807, 2.05) is 19.0 Å². The van der Waals surface area contributed by atoms with Crippen LogP contribution in [0.25, 0.3) is 0 Å². The lowest BCUT2D eigenvalue weighted by Crippen LogP contribution is -2.43. The van der Waals surface area contributed by atoms with E-state index in [1.165, 1.54) is 9.80 Å². The summed E-state index contributed by atoms with van der Waals surface area (Å²) in [7, 11) is 3.70. The number of hydrogen-bond acceptors (Lipinski definition) is 4. The van der Waals surface area contributed by atoms with E-state index in [1.54, 1.807) is 24.3 Å². The number of amides is 2. The summed E-state index contributed by atoms with van der Waals surface area (Å²) >= 11 is 6.14. The minimum absolute atomic E-state index is 0.0577. The maximum absolute atomic E-state index is 12.7. The maximum Gasteiger partial charge on any atom is 0.323 e. The monoisotopic (exact) mass is 367 g/mol. The summed E-state index contributed by atoms with van der Waals surface area (Å²) in [6.45, 7) is 0.686. The minimum atomic E-state index is -1.07. The second kappa shape index (κ2) is 8.31. The second-order valence-corrected chi connectivity index (χ2v) is 6.72. The molecule has 0 spiro atoms. The Hall–Kier alpha value is -2.12. The Labute approximate surface area is 151 Å². The third kappa shape index (κ3) is 4.93. The first-order valence-electron chi connectivity index (χ1n) is 7.99. The number of halogens is 1. The molecule has 1 atom stereocenters. The second-order valence-electron chi connectivity index (χ2n) is 6.31. The molecule has 1 N–H and O–H groups in total. The highest BCUT2D eigenvalue weighted by atomic mass is 35.5. The summed E-state index contributed by atoms with van der Waals surface area (Å²) in [5.74, 6) is -2.13. The summed E-state index contributed by atoms with van der Waals surface area (Å²) in [6, 6.07) is 6.96. The molecule has 1 aromatic carbocycles. The van der Waals surface area contributed by atoms with Gasteiger partial charge in [-0.15, -0.1) is 0 Å². The smallest absolute Gasteiger partial charge is 0.323 e. The van der Waals surface area contributed by atoms with Crippen molar-refractivity contribution in [3.63, 3.8) is 0 Å². The molecule has 2 rings (SSSR count). The molecule has 1 heterocycles. The SMILES string of the molecule is CN(C)CCN(CC(=O)O)C(=O)C1CC(=O)N(c2ccccc2Cl)C1. The van der Waals surface area contributed by atoms with E-state index in [-0.39, 0.29) is 31.3 Å². The van der Waals surface area contributed by atoms with Crippen molar-refractivity contribution in [3.8, 4) is 0 Å². The van der Waals surface area contributed by atoms with E-state index in [0.29, 0.717) is 23.8 Å². The van der Waals surface area contributed by atoms with Gasteiger partial charge in [0.25, 0.3) is 0 Å². The lowest BCUT2D eigenvalue weighted by Gasteiger charge is -2.25. The van der Waals surface area contributed by atoms with Gasteiger partial charge in [-0.2, -0.15) is 0 Å². The number of carbonyl (C=O) groups excluding carboxylic acids is 2. The predicted molar refractivity (Wildman–Crippen MR) is 94.7 cm³/mol. The first-order valence-corrected chi connectivity index (χ1v) is 8.37.